The van der Waals surface area contributed by atoms with Crippen molar-refractivity contribution in [3.63, 3.8) is 0 Å². The number of benzene rings is 2. The van der Waals surface area contributed by atoms with Crippen LogP contribution in [0.2, 0.25) is 0 Å². The van der Waals surface area contributed by atoms with Crippen LogP contribution >= 0.6 is 11.8 Å². The number of carbonyl (C=O) groups is 1. The third kappa shape index (κ3) is 4.71. The van der Waals surface area contributed by atoms with Gasteiger partial charge in [-0.2, -0.15) is 0 Å². The molecule has 3 nitrogen and oxygen atoms in total. The molecule has 0 saturated heterocycles. The number of carbonyl (C=O) groups excluding carboxylic acids is 1. The molecule has 128 valence electrons. The fraction of sp³-hybridized carbons (Fsp3) is 0.278. The topological polar surface area (TPSA) is 35.5 Å². The molecule has 0 fully saturated rings. The maximum absolute atomic E-state index is 14.1. The summed E-state index contributed by atoms with van der Waals surface area (Å²) < 4.78 is 37.9. The molecular weight excluding hydrogens is 334 g/mol. The number of rotatable bonds is 6. The molecule has 0 amide bonds. The lowest BCUT2D eigenvalue weighted by molar-refractivity contribution is -0.146. The van der Waals surface area contributed by atoms with Crippen LogP contribution < -0.4 is 4.74 Å². The molecule has 0 aliphatic heterocycles. The molecule has 0 radical (unpaired) electrons. The third-order valence-corrected chi connectivity index (χ3v) is 4.35. The number of methoxy groups -OCH3 is 1. The van der Waals surface area contributed by atoms with Gasteiger partial charge in [-0.25, -0.2) is 8.78 Å². The van der Waals surface area contributed by atoms with Crippen LogP contribution in [-0.2, 0) is 9.53 Å². The van der Waals surface area contributed by atoms with Gasteiger partial charge in [-0.3, -0.25) is 4.79 Å². The molecule has 0 aromatic heterocycles. The van der Waals surface area contributed by atoms with Gasteiger partial charge in [-0.1, -0.05) is 0 Å². The van der Waals surface area contributed by atoms with E-state index < -0.39 is 22.9 Å². The summed E-state index contributed by atoms with van der Waals surface area (Å²) in [5.74, 6) is -1.21. The smallest absolute Gasteiger partial charge is 0.324 e. The predicted octanol–water partition coefficient (Wildman–Crippen LogP) is 4.76. The predicted molar refractivity (Wildman–Crippen MR) is 89.2 cm³/mol. The van der Waals surface area contributed by atoms with Crippen molar-refractivity contribution in [2.75, 3.05) is 7.11 Å². The largest absolute Gasteiger partial charge is 0.497 e. The molecule has 0 aliphatic rings. The highest BCUT2D eigenvalue weighted by Crippen LogP contribution is 2.38. The molecule has 6 heteroatoms. The van der Waals surface area contributed by atoms with E-state index in [-0.39, 0.29) is 11.7 Å². The van der Waals surface area contributed by atoms with Gasteiger partial charge in [-0.05, 0) is 56.3 Å². The van der Waals surface area contributed by atoms with Crippen LogP contribution in [0.15, 0.2) is 47.4 Å². The standard InChI is InChI=1S/C18H18F2O3S/c1-11(2)23-18(21)17(15-10-12(19)4-9-16(15)20)24-14-7-5-13(22-3)6-8-14/h4-11,17H,1-3H3. The van der Waals surface area contributed by atoms with E-state index >= 15 is 0 Å². The first-order valence-corrected chi connectivity index (χ1v) is 8.25. The zero-order valence-electron chi connectivity index (χ0n) is 13.6. The van der Waals surface area contributed by atoms with Gasteiger partial charge in [0.1, 0.15) is 22.6 Å². The fourth-order valence-electron chi connectivity index (χ4n) is 2.04. The second-order valence-corrected chi connectivity index (χ2v) is 6.50. The van der Waals surface area contributed by atoms with Crippen molar-refractivity contribution in [3.8, 4) is 5.75 Å². The lowest BCUT2D eigenvalue weighted by atomic mass is 10.1. The maximum atomic E-state index is 14.1. The zero-order chi connectivity index (χ0) is 17.7. The Kier molecular flexibility index (Phi) is 6.20. The summed E-state index contributed by atoms with van der Waals surface area (Å²) >= 11 is 1.10. The molecule has 0 bridgehead atoms. The number of ether oxygens (including phenoxy) is 2. The van der Waals surface area contributed by atoms with Crippen LogP contribution in [0.1, 0.15) is 24.7 Å². The van der Waals surface area contributed by atoms with Crippen molar-refractivity contribution in [3.05, 3.63) is 59.7 Å². The van der Waals surface area contributed by atoms with Gasteiger partial charge < -0.3 is 9.47 Å². The summed E-state index contributed by atoms with van der Waals surface area (Å²) in [5.41, 5.74) is -0.0403. The number of hydrogen-bond donors (Lipinski definition) is 0. The van der Waals surface area contributed by atoms with Crippen molar-refractivity contribution in [2.45, 2.75) is 30.1 Å². The van der Waals surface area contributed by atoms with Crippen molar-refractivity contribution < 1.29 is 23.0 Å². The van der Waals surface area contributed by atoms with Gasteiger partial charge in [0.15, 0.2) is 0 Å². The normalized spacial score (nSPS) is 12.1. The first-order chi connectivity index (χ1) is 11.4. The van der Waals surface area contributed by atoms with Crippen LogP contribution in [-0.4, -0.2) is 19.2 Å². The average Bonchev–Trinajstić information content (AvgIpc) is 2.55. The quantitative estimate of drug-likeness (QED) is 0.555. The first kappa shape index (κ1) is 18.3. The summed E-state index contributed by atoms with van der Waals surface area (Å²) in [6.45, 7) is 3.41. The minimum absolute atomic E-state index is 0.0403. The fourth-order valence-corrected chi connectivity index (χ4v) is 3.06. The molecule has 0 saturated carbocycles. The molecule has 2 aromatic rings. The Morgan fingerprint density at radius 3 is 2.33 bits per heavy atom. The first-order valence-electron chi connectivity index (χ1n) is 7.37. The molecule has 2 rings (SSSR count). The lowest BCUT2D eigenvalue weighted by Gasteiger charge is -2.18. The average molecular weight is 352 g/mol. The highest BCUT2D eigenvalue weighted by molar-refractivity contribution is 8.00. The Morgan fingerprint density at radius 1 is 1.08 bits per heavy atom. The van der Waals surface area contributed by atoms with Crippen LogP contribution in [0.4, 0.5) is 8.78 Å². The van der Waals surface area contributed by atoms with E-state index in [0.29, 0.717) is 10.6 Å². The highest BCUT2D eigenvalue weighted by Gasteiger charge is 2.27. The second kappa shape index (κ2) is 8.15. The van der Waals surface area contributed by atoms with Crippen molar-refractivity contribution in [1.29, 1.82) is 0 Å². The van der Waals surface area contributed by atoms with Crippen LogP contribution in [0.5, 0.6) is 5.75 Å². The van der Waals surface area contributed by atoms with E-state index in [9.17, 15) is 13.6 Å². The van der Waals surface area contributed by atoms with Crippen molar-refractivity contribution in [2.24, 2.45) is 0 Å². The highest BCUT2D eigenvalue weighted by atomic mass is 32.2. The number of esters is 1. The molecule has 2 aromatic carbocycles. The minimum atomic E-state index is -1.00. The molecular formula is C18H18F2O3S. The van der Waals surface area contributed by atoms with E-state index in [1.54, 1.807) is 45.2 Å². The van der Waals surface area contributed by atoms with Gasteiger partial charge in [0.2, 0.25) is 0 Å². The minimum Gasteiger partial charge on any atom is -0.497 e. The maximum Gasteiger partial charge on any atom is 0.324 e. The molecule has 24 heavy (non-hydrogen) atoms. The second-order valence-electron chi connectivity index (χ2n) is 5.32. The molecule has 1 atom stereocenters. The van der Waals surface area contributed by atoms with Gasteiger partial charge >= 0.3 is 5.97 Å². The van der Waals surface area contributed by atoms with Crippen LogP contribution in [0, 0.1) is 11.6 Å². The summed E-state index contributed by atoms with van der Waals surface area (Å²) in [4.78, 5) is 13.1. The zero-order valence-corrected chi connectivity index (χ0v) is 14.4. The number of halogens is 2. The number of thioether (sulfide) groups is 1. The molecule has 0 aliphatic carbocycles. The lowest BCUT2D eigenvalue weighted by Crippen LogP contribution is -2.18. The molecule has 0 N–H and O–H groups in total. The Morgan fingerprint density at radius 2 is 1.75 bits per heavy atom. The Labute approximate surface area is 144 Å². The van der Waals surface area contributed by atoms with Crippen LogP contribution in [0.25, 0.3) is 0 Å². The Bertz CT molecular complexity index is 702. The number of hydrogen-bond acceptors (Lipinski definition) is 4. The summed E-state index contributed by atoms with van der Waals surface area (Å²) in [5, 5.41) is -1.00. The summed E-state index contributed by atoms with van der Waals surface area (Å²) in [6.07, 6.45) is -0.354. The van der Waals surface area contributed by atoms with E-state index in [1.807, 2.05) is 0 Å². The summed E-state index contributed by atoms with van der Waals surface area (Å²) in [6, 6.07) is 10.0. The molecule has 1 unspecified atom stereocenters. The SMILES string of the molecule is COc1ccc(SC(C(=O)OC(C)C)c2cc(F)ccc2F)cc1. The Balaban J connectivity index is 2.34. The molecule has 0 heterocycles. The Hall–Kier alpha value is -2.08. The van der Waals surface area contributed by atoms with Gasteiger partial charge in [0, 0.05) is 10.5 Å². The third-order valence-electron chi connectivity index (χ3n) is 3.12. The van der Waals surface area contributed by atoms with E-state index in [2.05, 4.69) is 0 Å². The van der Waals surface area contributed by atoms with Gasteiger partial charge in [-0.15, -0.1) is 11.8 Å². The van der Waals surface area contributed by atoms with Gasteiger partial charge in [0.05, 0.1) is 13.2 Å². The monoisotopic (exact) mass is 352 g/mol. The van der Waals surface area contributed by atoms with E-state index in [0.717, 1.165) is 30.0 Å². The van der Waals surface area contributed by atoms with Crippen LogP contribution in [0.3, 0.4) is 0 Å². The van der Waals surface area contributed by atoms with Crippen molar-refractivity contribution >= 4 is 17.7 Å². The summed E-state index contributed by atoms with van der Waals surface area (Å²) in [7, 11) is 1.55. The van der Waals surface area contributed by atoms with E-state index in [4.69, 9.17) is 9.47 Å². The van der Waals surface area contributed by atoms with Gasteiger partial charge in [0.25, 0.3) is 0 Å². The van der Waals surface area contributed by atoms with Crippen molar-refractivity contribution in [1.82, 2.24) is 0 Å². The molecule has 0 spiro atoms. The van der Waals surface area contributed by atoms with E-state index in [1.165, 1.54) is 0 Å².